The van der Waals surface area contributed by atoms with Crippen molar-refractivity contribution in [3.63, 3.8) is 0 Å². The summed E-state index contributed by atoms with van der Waals surface area (Å²) < 4.78 is 7.99. The molecule has 2 aromatic rings. The molecule has 1 aliphatic heterocycles. The lowest BCUT2D eigenvalue weighted by molar-refractivity contribution is 0.000510. The van der Waals surface area contributed by atoms with Gasteiger partial charge in [-0.2, -0.15) is 0 Å². The fourth-order valence-corrected chi connectivity index (χ4v) is 3.12. The van der Waals surface area contributed by atoms with Gasteiger partial charge < -0.3 is 14.2 Å². The number of aliphatic hydroxyl groups is 1. The zero-order valence-electron chi connectivity index (χ0n) is 13.2. The van der Waals surface area contributed by atoms with E-state index in [-0.39, 0.29) is 6.61 Å². The fraction of sp³-hybridized carbons (Fsp3) is 0.588. The molecule has 5 heteroatoms. The number of ether oxygens (including phenoxy) is 1. The van der Waals surface area contributed by atoms with Crippen LogP contribution in [0.25, 0.3) is 5.65 Å². The number of aliphatic hydroxyl groups excluding tert-OH is 1. The van der Waals surface area contributed by atoms with Gasteiger partial charge in [0.05, 0.1) is 17.5 Å². The Bertz CT molecular complexity index is 603. The van der Waals surface area contributed by atoms with Crippen molar-refractivity contribution in [2.75, 3.05) is 26.3 Å². The average Bonchev–Trinajstić information content (AvgIpc) is 2.85. The Morgan fingerprint density at radius 3 is 2.91 bits per heavy atom. The van der Waals surface area contributed by atoms with Crippen LogP contribution in [0.1, 0.15) is 30.7 Å². The Morgan fingerprint density at radius 2 is 2.14 bits per heavy atom. The van der Waals surface area contributed by atoms with Crippen LogP contribution >= 0.6 is 0 Å². The molecule has 0 saturated carbocycles. The van der Waals surface area contributed by atoms with E-state index in [1.807, 2.05) is 6.07 Å². The van der Waals surface area contributed by atoms with E-state index in [2.05, 4.69) is 39.5 Å². The number of aryl methyl sites for hydroxylation is 1. The fourth-order valence-electron chi connectivity index (χ4n) is 3.12. The third-order valence-corrected chi connectivity index (χ3v) is 4.39. The molecule has 3 rings (SSSR count). The molecule has 0 aromatic carbocycles. The molecule has 0 unspecified atom stereocenters. The number of rotatable bonds is 6. The van der Waals surface area contributed by atoms with Crippen molar-refractivity contribution in [1.29, 1.82) is 0 Å². The SMILES string of the molecule is Cc1nc2ccccn2c1CN1CCC(OCCCO)CC1. The minimum atomic E-state index is 0.215. The van der Waals surface area contributed by atoms with E-state index in [0.717, 1.165) is 50.2 Å². The third-order valence-electron chi connectivity index (χ3n) is 4.39. The van der Waals surface area contributed by atoms with Crippen LogP contribution < -0.4 is 0 Å². The summed E-state index contributed by atoms with van der Waals surface area (Å²) >= 11 is 0. The van der Waals surface area contributed by atoms with Crippen LogP contribution in [0.2, 0.25) is 0 Å². The van der Waals surface area contributed by atoms with Crippen molar-refractivity contribution >= 4 is 5.65 Å². The predicted molar refractivity (Wildman–Crippen MR) is 85.9 cm³/mol. The number of pyridine rings is 1. The first kappa shape index (κ1) is 15.5. The number of likely N-dealkylation sites (tertiary alicyclic amines) is 1. The van der Waals surface area contributed by atoms with Crippen molar-refractivity contribution < 1.29 is 9.84 Å². The number of aromatic nitrogens is 2. The number of fused-ring (bicyclic) bond motifs is 1. The van der Waals surface area contributed by atoms with E-state index in [1.165, 1.54) is 5.69 Å². The van der Waals surface area contributed by atoms with E-state index < -0.39 is 0 Å². The Morgan fingerprint density at radius 1 is 1.32 bits per heavy atom. The van der Waals surface area contributed by atoms with Gasteiger partial charge >= 0.3 is 0 Å². The highest BCUT2D eigenvalue weighted by Gasteiger charge is 2.21. The van der Waals surface area contributed by atoms with Crippen LogP contribution in [0.5, 0.6) is 0 Å². The van der Waals surface area contributed by atoms with Crippen molar-refractivity contribution in [3.05, 3.63) is 35.8 Å². The van der Waals surface area contributed by atoms with E-state index in [1.54, 1.807) is 0 Å². The minimum Gasteiger partial charge on any atom is -0.396 e. The van der Waals surface area contributed by atoms with Gasteiger partial charge in [-0.3, -0.25) is 4.90 Å². The molecule has 3 heterocycles. The standard InChI is InChI=1S/C17H25N3O2/c1-14-16(20-8-3-2-5-17(20)18-14)13-19-9-6-15(7-10-19)22-12-4-11-21/h2-3,5,8,15,21H,4,6-7,9-13H2,1H3. The van der Waals surface area contributed by atoms with Crippen molar-refractivity contribution in [2.45, 2.75) is 38.8 Å². The summed E-state index contributed by atoms with van der Waals surface area (Å²) in [6.45, 7) is 6.04. The highest BCUT2D eigenvalue weighted by atomic mass is 16.5. The summed E-state index contributed by atoms with van der Waals surface area (Å²) in [7, 11) is 0. The van der Waals surface area contributed by atoms with E-state index in [4.69, 9.17) is 9.84 Å². The summed E-state index contributed by atoms with van der Waals surface area (Å²) in [5.74, 6) is 0. The van der Waals surface area contributed by atoms with Gasteiger partial charge in [-0.1, -0.05) is 6.07 Å². The molecule has 1 N–H and O–H groups in total. The van der Waals surface area contributed by atoms with E-state index in [0.29, 0.717) is 12.7 Å². The molecule has 0 bridgehead atoms. The molecular weight excluding hydrogens is 278 g/mol. The van der Waals surface area contributed by atoms with E-state index >= 15 is 0 Å². The normalized spacial score (nSPS) is 17.4. The van der Waals surface area contributed by atoms with Crippen LogP contribution in [0, 0.1) is 6.92 Å². The number of hydrogen-bond donors (Lipinski definition) is 1. The van der Waals surface area contributed by atoms with Crippen LogP contribution in [0.4, 0.5) is 0 Å². The van der Waals surface area contributed by atoms with Crippen molar-refractivity contribution in [2.24, 2.45) is 0 Å². The molecule has 0 amide bonds. The molecule has 5 nitrogen and oxygen atoms in total. The molecule has 22 heavy (non-hydrogen) atoms. The molecule has 2 aromatic heterocycles. The zero-order chi connectivity index (χ0) is 15.4. The first-order valence-electron chi connectivity index (χ1n) is 8.15. The molecular formula is C17H25N3O2. The second kappa shape index (κ2) is 7.22. The lowest BCUT2D eigenvalue weighted by Gasteiger charge is -2.31. The van der Waals surface area contributed by atoms with Gasteiger partial charge in [-0.05, 0) is 38.3 Å². The molecule has 120 valence electrons. The predicted octanol–water partition coefficient (Wildman–Crippen LogP) is 2.01. The molecule has 1 fully saturated rings. The van der Waals surface area contributed by atoms with Gasteiger partial charge in [0.25, 0.3) is 0 Å². The van der Waals surface area contributed by atoms with Crippen molar-refractivity contribution in [1.82, 2.24) is 14.3 Å². The van der Waals surface area contributed by atoms with Gasteiger partial charge in [0, 0.05) is 39.0 Å². The molecule has 0 atom stereocenters. The van der Waals surface area contributed by atoms with Crippen LogP contribution in [0.3, 0.4) is 0 Å². The Balaban J connectivity index is 1.57. The zero-order valence-corrected chi connectivity index (χ0v) is 13.2. The van der Waals surface area contributed by atoms with Crippen LogP contribution in [-0.4, -0.2) is 51.8 Å². The average molecular weight is 303 g/mol. The number of nitrogens with zero attached hydrogens (tertiary/aromatic N) is 3. The summed E-state index contributed by atoms with van der Waals surface area (Å²) in [6, 6.07) is 6.14. The Kier molecular flexibility index (Phi) is 5.08. The topological polar surface area (TPSA) is 50.0 Å². The number of imidazole rings is 1. The third kappa shape index (κ3) is 3.48. The number of piperidine rings is 1. The Labute approximate surface area is 131 Å². The maximum atomic E-state index is 8.80. The maximum Gasteiger partial charge on any atom is 0.137 e. The first-order valence-corrected chi connectivity index (χ1v) is 8.15. The number of hydrogen-bond acceptors (Lipinski definition) is 4. The molecule has 1 saturated heterocycles. The van der Waals surface area contributed by atoms with Crippen LogP contribution in [-0.2, 0) is 11.3 Å². The first-order chi connectivity index (χ1) is 10.8. The lowest BCUT2D eigenvalue weighted by atomic mass is 10.1. The summed E-state index contributed by atoms with van der Waals surface area (Å²) in [5, 5.41) is 8.80. The van der Waals surface area contributed by atoms with Gasteiger partial charge in [0.1, 0.15) is 5.65 Å². The second-order valence-electron chi connectivity index (χ2n) is 6.00. The molecule has 0 radical (unpaired) electrons. The summed E-state index contributed by atoms with van der Waals surface area (Å²) in [4.78, 5) is 7.11. The smallest absolute Gasteiger partial charge is 0.137 e. The molecule has 1 aliphatic rings. The summed E-state index contributed by atoms with van der Waals surface area (Å²) in [5.41, 5.74) is 3.43. The van der Waals surface area contributed by atoms with Crippen molar-refractivity contribution in [3.8, 4) is 0 Å². The second-order valence-corrected chi connectivity index (χ2v) is 6.00. The van der Waals surface area contributed by atoms with Gasteiger partial charge in [0.15, 0.2) is 0 Å². The van der Waals surface area contributed by atoms with Gasteiger partial charge in [0.2, 0.25) is 0 Å². The molecule has 0 aliphatic carbocycles. The molecule has 0 spiro atoms. The van der Waals surface area contributed by atoms with E-state index in [9.17, 15) is 0 Å². The largest absolute Gasteiger partial charge is 0.396 e. The quantitative estimate of drug-likeness (QED) is 0.829. The highest BCUT2D eigenvalue weighted by Crippen LogP contribution is 2.19. The lowest BCUT2D eigenvalue weighted by Crippen LogP contribution is -2.37. The Hall–Kier alpha value is -1.43. The minimum absolute atomic E-state index is 0.215. The monoisotopic (exact) mass is 303 g/mol. The van der Waals surface area contributed by atoms with Crippen LogP contribution in [0.15, 0.2) is 24.4 Å². The van der Waals surface area contributed by atoms with Gasteiger partial charge in [-0.15, -0.1) is 0 Å². The summed E-state index contributed by atoms with van der Waals surface area (Å²) in [6.07, 6.45) is 5.32. The van der Waals surface area contributed by atoms with Gasteiger partial charge in [-0.25, -0.2) is 4.98 Å². The maximum absolute atomic E-state index is 8.80. The highest BCUT2D eigenvalue weighted by molar-refractivity contribution is 5.42.